The van der Waals surface area contributed by atoms with Gasteiger partial charge < -0.3 is 35.0 Å². The van der Waals surface area contributed by atoms with Gasteiger partial charge in [0.15, 0.2) is 23.1 Å². The van der Waals surface area contributed by atoms with Crippen LogP contribution in [-0.2, 0) is 4.74 Å². The maximum absolute atomic E-state index is 13.4. The summed E-state index contributed by atoms with van der Waals surface area (Å²) in [5, 5.41) is 24.2. The van der Waals surface area contributed by atoms with E-state index in [1.54, 1.807) is 4.90 Å². The van der Waals surface area contributed by atoms with E-state index >= 15 is 0 Å². The van der Waals surface area contributed by atoms with E-state index in [0.29, 0.717) is 38.4 Å². The molecule has 0 spiro atoms. The second-order valence-electron chi connectivity index (χ2n) is 5.41. The van der Waals surface area contributed by atoms with Gasteiger partial charge in [-0.1, -0.05) is 0 Å². The minimum atomic E-state index is -1.02. The molecule has 1 aliphatic heterocycles. The number of benzene rings is 1. The van der Waals surface area contributed by atoms with Crippen molar-refractivity contribution in [3.05, 3.63) is 23.8 Å². The molecule has 0 radical (unpaired) electrons. The Kier molecular flexibility index (Phi) is 7.23. The fourth-order valence-corrected chi connectivity index (χ4v) is 2.13. The van der Waals surface area contributed by atoms with Crippen molar-refractivity contribution in [2.24, 2.45) is 0 Å². The number of carbonyl (C=O) groups excluding carboxylic acids is 1. The molecule has 2 amide bonds. The van der Waals surface area contributed by atoms with Crippen LogP contribution in [0.25, 0.3) is 0 Å². The van der Waals surface area contributed by atoms with Gasteiger partial charge in [0.25, 0.3) is 0 Å². The number of phenolic OH excluding ortho intramolecular Hbond substituents is 1. The third-order valence-corrected chi connectivity index (χ3v) is 3.48. The van der Waals surface area contributed by atoms with Gasteiger partial charge in [0.1, 0.15) is 6.61 Å². The highest BCUT2D eigenvalue weighted by molar-refractivity contribution is 6.33. The summed E-state index contributed by atoms with van der Waals surface area (Å²) in [5.74, 6) is -3.18. The number of aromatic hydroxyl groups is 1. The summed E-state index contributed by atoms with van der Waals surface area (Å²) in [6, 6.07) is 1.06. The van der Waals surface area contributed by atoms with Gasteiger partial charge in [-0.25, -0.2) is 13.6 Å². The van der Waals surface area contributed by atoms with E-state index in [1.165, 1.54) is 0 Å². The summed E-state index contributed by atoms with van der Waals surface area (Å²) in [4.78, 5) is 13.4. The van der Waals surface area contributed by atoms with Crippen LogP contribution < -0.4 is 15.2 Å². The van der Waals surface area contributed by atoms with Crippen molar-refractivity contribution in [3.8, 4) is 11.5 Å². The summed E-state index contributed by atoms with van der Waals surface area (Å²) in [7, 11) is 0.134. The molecule has 1 aromatic carbocycles. The molecule has 0 aliphatic carbocycles. The molecule has 11 heteroatoms. The Morgan fingerprint density at radius 1 is 1.36 bits per heavy atom. The number of carbonyl (C=O) groups is 1. The van der Waals surface area contributed by atoms with Gasteiger partial charge in [-0.05, 0) is 0 Å². The number of ether oxygens (including phenoxy) is 2. The first-order valence-corrected chi connectivity index (χ1v) is 7.77. The second-order valence-corrected chi connectivity index (χ2v) is 5.41. The number of hydrogen-bond donors (Lipinski definition) is 4. The van der Waals surface area contributed by atoms with Gasteiger partial charge >= 0.3 is 13.6 Å². The molecule has 1 fully saturated rings. The Morgan fingerprint density at radius 2 is 2.08 bits per heavy atom. The standard InChI is InChI=1S/C14H20BF2N3O5/c16-10-6-13(11(17)5-12(10)22)25-8-9(21)7-18-15-19-14(23)20-1-3-24-4-2-20/h5-6,9,15,18,21-22H,1-4,7-8H2,(H,19,23)/t9-/m0/s1. The smallest absolute Gasteiger partial charge is 0.322 e. The monoisotopic (exact) mass is 359 g/mol. The maximum Gasteiger partial charge on any atom is 0.322 e. The van der Waals surface area contributed by atoms with Crippen molar-refractivity contribution >= 4 is 13.6 Å². The molecule has 4 N–H and O–H groups in total. The van der Waals surface area contributed by atoms with Crippen molar-refractivity contribution in [2.45, 2.75) is 6.10 Å². The number of halogens is 2. The molecule has 1 aromatic rings. The molecule has 138 valence electrons. The lowest BCUT2D eigenvalue weighted by Gasteiger charge is -2.27. The van der Waals surface area contributed by atoms with Crippen LogP contribution in [0.4, 0.5) is 13.6 Å². The van der Waals surface area contributed by atoms with Gasteiger partial charge in [-0.15, -0.1) is 0 Å². The number of nitrogens with one attached hydrogen (secondary N) is 2. The lowest BCUT2D eigenvalue weighted by Crippen LogP contribution is -2.50. The lowest BCUT2D eigenvalue weighted by molar-refractivity contribution is 0.0544. The first-order chi connectivity index (χ1) is 12.0. The van der Waals surface area contributed by atoms with Crippen LogP contribution in [0, 0.1) is 11.6 Å². The van der Waals surface area contributed by atoms with Crippen LogP contribution in [0.1, 0.15) is 0 Å². The molecule has 0 aromatic heterocycles. The molecule has 1 heterocycles. The Balaban J connectivity index is 1.63. The number of aliphatic hydroxyl groups is 1. The average Bonchev–Trinajstić information content (AvgIpc) is 2.61. The molecule has 8 nitrogen and oxygen atoms in total. The van der Waals surface area contributed by atoms with E-state index in [-0.39, 0.29) is 26.7 Å². The summed E-state index contributed by atoms with van der Waals surface area (Å²) in [5.41, 5.74) is 0. The Morgan fingerprint density at radius 3 is 2.80 bits per heavy atom. The number of rotatable bonds is 7. The zero-order valence-electron chi connectivity index (χ0n) is 13.5. The Labute approximate surface area is 144 Å². The number of nitrogens with zero attached hydrogens (tertiary/aromatic N) is 1. The fraction of sp³-hybridized carbons (Fsp3) is 0.500. The third kappa shape index (κ3) is 6.03. The van der Waals surface area contributed by atoms with Crippen molar-refractivity contribution in [3.63, 3.8) is 0 Å². The average molecular weight is 359 g/mol. The number of hydrogen-bond acceptors (Lipinski definition) is 6. The maximum atomic E-state index is 13.4. The Hall–Kier alpha value is -2.11. The molecule has 0 saturated carbocycles. The van der Waals surface area contributed by atoms with Crippen LogP contribution in [0.2, 0.25) is 0 Å². The van der Waals surface area contributed by atoms with Gasteiger partial charge in [-0.2, -0.15) is 0 Å². The summed E-state index contributed by atoms with van der Waals surface area (Å²) < 4.78 is 36.7. The van der Waals surface area contributed by atoms with E-state index in [4.69, 9.17) is 14.6 Å². The van der Waals surface area contributed by atoms with Crippen LogP contribution >= 0.6 is 0 Å². The molecule has 1 saturated heterocycles. The zero-order chi connectivity index (χ0) is 18.2. The highest BCUT2D eigenvalue weighted by Crippen LogP contribution is 2.25. The van der Waals surface area contributed by atoms with Gasteiger partial charge in [0, 0.05) is 31.8 Å². The van der Waals surface area contributed by atoms with Crippen LogP contribution in [-0.4, -0.2) is 74.3 Å². The predicted octanol–water partition coefficient (Wildman–Crippen LogP) is -0.692. The number of aliphatic hydroxyl groups excluding tert-OH is 1. The quantitative estimate of drug-likeness (QED) is 0.380. The largest absolute Gasteiger partial charge is 0.505 e. The Bertz CT molecular complexity index is 590. The van der Waals surface area contributed by atoms with Gasteiger partial charge in [0.2, 0.25) is 0 Å². The molecule has 0 unspecified atom stereocenters. The first-order valence-electron chi connectivity index (χ1n) is 7.77. The highest BCUT2D eigenvalue weighted by Gasteiger charge is 2.16. The fourth-order valence-electron chi connectivity index (χ4n) is 2.13. The molecule has 1 aliphatic rings. The molecular weight excluding hydrogens is 339 g/mol. The predicted molar refractivity (Wildman–Crippen MR) is 85.6 cm³/mol. The molecule has 1 atom stereocenters. The van der Waals surface area contributed by atoms with Crippen molar-refractivity contribution in [1.82, 2.24) is 15.4 Å². The van der Waals surface area contributed by atoms with Crippen molar-refractivity contribution in [1.29, 1.82) is 0 Å². The zero-order valence-corrected chi connectivity index (χ0v) is 13.5. The number of urea groups is 1. The number of phenols is 1. The van der Waals surface area contributed by atoms with E-state index < -0.39 is 29.2 Å². The SMILES string of the molecule is O=C(NBNC[C@H](O)COc1cc(F)c(O)cc1F)N1CCOCC1. The van der Waals surface area contributed by atoms with Gasteiger partial charge in [-0.3, -0.25) is 0 Å². The van der Waals surface area contributed by atoms with E-state index in [2.05, 4.69) is 10.5 Å². The van der Waals surface area contributed by atoms with Crippen LogP contribution in [0.5, 0.6) is 11.5 Å². The van der Waals surface area contributed by atoms with E-state index in [0.717, 1.165) is 0 Å². The second kappa shape index (κ2) is 9.40. The van der Waals surface area contributed by atoms with E-state index in [1.807, 2.05) is 0 Å². The van der Waals surface area contributed by atoms with Crippen molar-refractivity contribution < 1.29 is 33.3 Å². The van der Waals surface area contributed by atoms with Crippen LogP contribution in [0.3, 0.4) is 0 Å². The van der Waals surface area contributed by atoms with E-state index in [9.17, 15) is 18.7 Å². The van der Waals surface area contributed by atoms with Crippen molar-refractivity contribution in [2.75, 3.05) is 39.5 Å². The molecule has 0 bridgehead atoms. The van der Waals surface area contributed by atoms with Gasteiger partial charge in [0.05, 0.1) is 19.3 Å². The van der Waals surface area contributed by atoms with Crippen LogP contribution in [0.15, 0.2) is 12.1 Å². The summed E-state index contributed by atoms with van der Waals surface area (Å²) >= 11 is 0. The number of amides is 2. The highest BCUT2D eigenvalue weighted by atomic mass is 19.1. The minimum absolute atomic E-state index is 0.0750. The number of morpholine rings is 1. The summed E-state index contributed by atoms with van der Waals surface area (Å²) in [6.07, 6.45) is -1.00. The minimum Gasteiger partial charge on any atom is -0.505 e. The molecule has 25 heavy (non-hydrogen) atoms. The first kappa shape index (κ1) is 19.2. The topological polar surface area (TPSA) is 103 Å². The molecule has 2 rings (SSSR count). The third-order valence-electron chi connectivity index (χ3n) is 3.48. The molecular formula is C14H20BF2N3O5. The normalized spacial score (nSPS) is 15.6. The summed E-state index contributed by atoms with van der Waals surface area (Å²) in [6.45, 7) is 1.85. The lowest BCUT2D eigenvalue weighted by atomic mass is 10.1.